The summed E-state index contributed by atoms with van der Waals surface area (Å²) in [5.74, 6) is 1.85. The van der Waals surface area contributed by atoms with Gasteiger partial charge in [0.25, 0.3) is 0 Å². The van der Waals surface area contributed by atoms with Gasteiger partial charge in [0.05, 0.1) is 0 Å². The third-order valence-electron chi connectivity index (χ3n) is 3.81. The molecule has 0 amide bonds. The van der Waals surface area contributed by atoms with Gasteiger partial charge in [-0.1, -0.05) is 78.2 Å². The molecule has 0 saturated carbocycles. The Morgan fingerprint density at radius 2 is 1.35 bits per heavy atom. The molecule has 0 spiro atoms. The van der Waals surface area contributed by atoms with Gasteiger partial charge in [-0.25, -0.2) is 0 Å². The van der Waals surface area contributed by atoms with Gasteiger partial charge in [-0.2, -0.15) is 0 Å². The highest BCUT2D eigenvalue weighted by Crippen LogP contribution is 2.19. The Hall–Kier alpha value is -0.260. The number of hydrogen-bond acceptors (Lipinski definition) is 0. The molecule has 0 nitrogen and oxygen atoms in total. The van der Waals surface area contributed by atoms with Crippen LogP contribution in [0.5, 0.6) is 0 Å². The Bertz CT molecular complexity index is 159. The van der Waals surface area contributed by atoms with Crippen molar-refractivity contribution in [2.75, 3.05) is 0 Å². The molecule has 0 rings (SSSR count). The SMILES string of the molecule is C=CCCC(C)CCCCCC(C)CCCC. The normalized spacial score (nSPS) is 14.5. The molecule has 0 heterocycles. The molecule has 0 fully saturated rings. The second-order valence-corrected chi connectivity index (χ2v) is 5.86. The van der Waals surface area contributed by atoms with E-state index in [2.05, 4.69) is 27.4 Å². The summed E-state index contributed by atoms with van der Waals surface area (Å²) in [5, 5.41) is 0. The minimum atomic E-state index is 0.894. The van der Waals surface area contributed by atoms with Crippen molar-refractivity contribution in [3.05, 3.63) is 12.7 Å². The average Bonchev–Trinajstić information content (AvgIpc) is 2.33. The van der Waals surface area contributed by atoms with Crippen LogP contribution in [0.25, 0.3) is 0 Å². The average molecular weight is 238 g/mol. The van der Waals surface area contributed by atoms with Gasteiger partial charge in [-0.3, -0.25) is 0 Å². The molecule has 17 heavy (non-hydrogen) atoms. The molecule has 0 aromatic heterocycles. The molecule has 0 aliphatic carbocycles. The van der Waals surface area contributed by atoms with E-state index in [0.717, 1.165) is 11.8 Å². The first-order valence-electron chi connectivity index (χ1n) is 7.81. The number of rotatable bonds is 12. The Morgan fingerprint density at radius 3 is 1.88 bits per heavy atom. The van der Waals surface area contributed by atoms with Crippen molar-refractivity contribution in [3.63, 3.8) is 0 Å². The molecule has 0 heteroatoms. The smallest absolute Gasteiger partial charge is 0.0351 e. The van der Waals surface area contributed by atoms with Crippen LogP contribution in [-0.2, 0) is 0 Å². The second kappa shape index (κ2) is 12.2. The van der Waals surface area contributed by atoms with E-state index in [-0.39, 0.29) is 0 Å². The van der Waals surface area contributed by atoms with Gasteiger partial charge in [-0.05, 0) is 24.7 Å². The summed E-state index contributed by atoms with van der Waals surface area (Å²) in [6.45, 7) is 10.9. The standard InChI is InChI=1S/C17H34/c1-5-7-12-16(3)14-10-9-11-15-17(4)13-8-6-2/h5,16-17H,1,6-15H2,2-4H3. The first-order chi connectivity index (χ1) is 8.20. The van der Waals surface area contributed by atoms with Gasteiger partial charge in [0, 0.05) is 0 Å². The summed E-state index contributed by atoms with van der Waals surface area (Å²) in [6.07, 6.45) is 15.9. The number of unbranched alkanes of at least 4 members (excludes halogenated alkanes) is 3. The van der Waals surface area contributed by atoms with Crippen molar-refractivity contribution in [3.8, 4) is 0 Å². The first kappa shape index (κ1) is 16.7. The van der Waals surface area contributed by atoms with Crippen LogP contribution in [-0.4, -0.2) is 0 Å². The van der Waals surface area contributed by atoms with Gasteiger partial charge >= 0.3 is 0 Å². The molecule has 0 saturated heterocycles. The molecular weight excluding hydrogens is 204 g/mol. The molecule has 0 aromatic carbocycles. The largest absolute Gasteiger partial charge is 0.103 e. The van der Waals surface area contributed by atoms with Crippen molar-refractivity contribution < 1.29 is 0 Å². The van der Waals surface area contributed by atoms with Crippen LogP contribution in [0.1, 0.15) is 85.0 Å². The summed E-state index contributed by atoms with van der Waals surface area (Å²) in [6, 6.07) is 0. The van der Waals surface area contributed by atoms with Crippen molar-refractivity contribution in [2.45, 2.75) is 85.0 Å². The predicted molar refractivity (Wildman–Crippen MR) is 80.4 cm³/mol. The van der Waals surface area contributed by atoms with Crippen LogP contribution in [0.15, 0.2) is 12.7 Å². The van der Waals surface area contributed by atoms with Crippen LogP contribution in [0.4, 0.5) is 0 Å². The minimum Gasteiger partial charge on any atom is -0.103 e. The Kier molecular flexibility index (Phi) is 12.0. The second-order valence-electron chi connectivity index (χ2n) is 5.86. The zero-order chi connectivity index (χ0) is 12.9. The molecule has 0 radical (unpaired) electrons. The van der Waals surface area contributed by atoms with E-state index >= 15 is 0 Å². The van der Waals surface area contributed by atoms with E-state index in [9.17, 15) is 0 Å². The topological polar surface area (TPSA) is 0 Å². The lowest BCUT2D eigenvalue weighted by atomic mass is 9.94. The highest BCUT2D eigenvalue weighted by molar-refractivity contribution is 4.68. The lowest BCUT2D eigenvalue weighted by molar-refractivity contribution is 0.422. The molecular formula is C17H34. The van der Waals surface area contributed by atoms with E-state index in [0.29, 0.717) is 0 Å². The van der Waals surface area contributed by atoms with Crippen molar-refractivity contribution in [1.82, 2.24) is 0 Å². The third-order valence-corrected chi connectivity index (χ3v) is 3.81. The third kappa shape index (κ3) is 12.0. The number of allylic oxidation sites excluding steroid dienone is 1. The highest BCUT2D eigenvalue weighted by Gasteiger charge is 2.03. The van der Waals surface area contributed by atoms with Crippen LogP contribution in [0.3, 0.4) is 0 Å². The minimum absolute atomic E-state index is 0.894. The summed E-state index contributed by atoms with van der Waals surface area (Å²) >= 11 is 0. The predicted octanol–water partition coefficient (Wildman–Crippen LogP) is 6.37. The van der Waals surface area contributed by atoms with E-state index in [1.807, 2.05) is 6.08 Å². The molecule has 0 bridgehead atoms. The summed E-state index contributed by atoms with van der Waals surface area (Å²) in [4.78, 5) is 0. The van der Waals surface area contributed by atoms with Gasteiger partial charge in [0.1, 0.15) is 0 Å². The maximum atomic E-state index is 3.79. The van der Waals surface area contributed by atoms with Crippen molar-refractivity contribution in [2.24, 2.45) is 11.8 Å². The van der Waals surface area contributed by atoms with Gasteiger partial charge in [-0.15, -0.1) is 6.58 Å². The molecule has 2 unspecified atom stereocenters. The van der Waals surface area contributed by atoms with Gasteiger partial charge in [0.2, 0.25) is 0 Å². The Balaban J connectivity index is 3.24. The molecule has 2 atom stereocenters. The fourth-order valence-corrected chi connectivity index (χ4v) is 2.41. The van der Waals surface area contributed by atoms with E-state index in [1.54, 1.807) is 0 Å². The van der Waals surface area contributed by atoms with E-state index in [4.69, 9.17) is 0 Å². The van der Waals surface area contributed by atoms with E-state index in [1.165, 1.54) is 64.2 Å². The highest BCUT2D eigenvalue weighted by atomic mass is 14.1. The lowest BCUT2D eigenvalue weighted by Crippen LogP contribution is -1.96. The van der Waals surface area contributed by atoms with Crippen LogP contribution in [0, 0.1) is 11.8 Å². The fourth-order valence-electron chi connectivity index (χ4n) is 2.41. The summed E-state index contributed by atoms with van der Waals surface area (Å²) in [7, 11) is 0. The Labute approximate surface area is 110 Å². The zero-order valence-electron chi connectivity index (χ0n) is 12.5. The lowest BCUT2D eigenvalue weighted by Gasteiger charge is -2.12. The maximum Gasteiger partial charge on any atom is -0.0351 e. The van der Waals surface area contributed by atoms with Crippen molar-refractivity contribution >= 4 is 0 Å². The number of hydrogen-bond donors (Lipinski definition) is 0. The van der Waals surface area contributed by atoms with Crippen LogP contribution < -0.4 is 0 Å². The molecule has 0 aliphatic rings. The molecule has 0 aliphatic heterocycles. The summed E-state index contributed by atoms with van der Waals surface area (Å²) in [5.41, 5.74) is 0. The van der Waals surface area contributed by atoms with Gasteiger partial charge in [0.15, 0.2) is 0 Å². The van der Waals surface area contributed by atoms with Crippen LogP contribution >= 0.6 is 0 Å². The molecule has 102 valence electrons. The Morgan fingerprint density at radius 1 is 0.824 bits per heavy atom. The summed E-state index contributed by atoms with van der Waals surface area (Å²) < 4.78 is 0. The van der Waals surface area contributed by atoms with E-state index < -0.39 is 0 Å². The maximum absolute atomic E-state index is 3.79. The molecule has 0 N–H and O–H groups in total. The fraction of sp³-hybridized carbons (Fsp3) is 0.882. The van der Waals surface area contributed by atoms with Crippen molar-refractivity contribution in [1.29, 1.82) is 0 Å². The monoisotopic (exact) mass is 238 g/mol. The van der Waals surface area contributed by atoms with Gasteiger partial charge < -0.3 is 0 Å². The first-order valence-corrected chi connectivity index (χ1v) is 7.81. The quantitative estimate of drug-likeness (QED) is 0.274. The zero-order valence-corrected chi connectivity index (χ0v) is 12.5. The van der Waals surface area contributed by atoms with Crippen LogP contribution in [0.2, 0.25) is 0 Å². The molecule has 0 aromatic rings.